The number of aliphatic hydroxyl groups is 1. The van der Waals surface area contributed by atoms with Gasteiger partial charge in [-0.05, 0) is 30.8 Å². The molecule has 1 aromatic rings. The Morgan fingerprint density at radius 1 is 1.41 bits per heavy atom. The summed E-state index contributed by atoms with van der Waals surface area (Å²) in [6, 6.07) is 0. The van der Waals surface area contributed by atoms with Gasteiger partial charge in [0.25, 0.3) is 5.95 Å². The Morgan fingerprint density at radius 2 is 2.18 bits per heavy atom. The van der Waals surface area contributed by atoms with Crippen LogP contribution in [0.25, 0.3) is 0 Å². The van der Waals surface area contributed by atoms with Crippen LogP contribution >= 0.6 is 0 Å². The molecule has 0 amide bonds. The van der Waals surface area contributed by atoms with Crippen LogP contribution in [0, 0.1) is 5.92 Å². The van der Waals surface area contributed by atoms with Crippen LogP contribution in [0.4, 0.5) is 5.95 Å². The standard InChI is InChI=1S/C12H21N3O2/c1-3-15(2)12-13-11(17-14-12)8-9-6-4-5-7-10(9)16/h9-10,16H,3-8H2,1-2H3. The highest BCUT2D eigenvalue weighted by Gasteiger charge is 2.25. The average Bonchev–Trinajstić information content (AvgIpc) is 2.80. The second-order valence-corrected chi connectivity index (χ2v) is 4.82. The lowest BCUT2D eigenvalue weighted by atomic mass is 9.84. The Kier molecular flexibility index (Phi) is 3.99. The van der Waals surface area contributed by atoms with Crippen LogP contribution in [0.3, 0.4) is 0 Å². The molecule has 0 aromatic carbocycles. The minimum atomic E-state index is -0.206. The molecule has 1 aromatic heterocycles. The molecule has 96 valence electrons. The number of aromatic nitrogens is 2. The van der Waals surface area contributed by atoms with Gasteiger partial charge in [-0.25, -0.2) is 0 Å². The monoisotopic (exact) mass is 239 g/mol. The van der Waals surface area contributed by atoms with E-state index in [2.05, 4.69) is 10.1 Å². The van der Waals surface area contributed by atoms with E-state index >= 15 is 0 Å². The van der Waals surface area contributed by atoms with Crippen LogP contribution in [0.2, 0.25) is 0 Å². The van der Waals surface area contributed by atoms with Gasteiger partial charge in [-0.1, -0.05) is 12.8 Å². The third kappa shape index (κ3) is 2.97. The Balaban J connectivity index is 1.96. The number of hydrogen-bond acceptors (Lipinski definition) is 5. The fraction of sp³-hybridized carbons (Fsp3) is 0.833. The van der Waals surface area contributed by atoms with Crippen molar-refractivity contribution in [3.63, 3.8) is 0 Å². The number of nitrogens with zero attached hydrogens (tertiary/aromatic N) is 3. The molecule has 1 aliphatic rings. The molecule has 5 nitrogen and oxygen atoms in total. The SMILES string of the molecule is CCN(C)c1noc(CC2CCCCC2O)n1. The van der Waals surface area contributed by atoms with Crippen molar-refractivity contribution >= 4 is 5.95 Å². The zero-order chi connectivity index (χ0) is 12.3. The predicted octanol–water partition coefficient (Wildman–Crippen LogP) is 1.62. The molecule has 2 unspecified atom stereocenters. The smallest absolute Gasteiger partial charge is 0.265 e. The molecule has 2 atom stereocenters. The Morgan fingerprint density at radius 3 is 2.88 bits per heavy atom. The third-order valence-electron chi connectivity index (χ3n) is 3.58. The maximum Gasteiger partial charge on any atom is 0.265 e. The van der Waals surface area contributed by atoms with Crippen molar-refractivity contribution in [3.8, 4) is 0 Å². The molecule has 0 spiro atoms. The maximum atomic E-state index is 9.89. The van der Waals surface area contributed by atoms with E-state index in [-0.39, 0.29) is 12.0 Å². The van der Waals surface area contributed by atoms with Crippen molar-refractivity contribution in [3.05, 3.63) is 5.89 Å². The molecule has 0 aliphatic heterocycles. The number of hydrogen-bond donors (Lipinski definition) is 1. The molecule has 1 N–H and O–H groups in total. The molecular weight excluding hydrogens is 218 g/mol. The largest absolute Gasteiger partial charge is 0.393 e. The van der Waals surface area contributed by atoms with E-state index in [9.17, 15) is 5.11 Å². The van der Waals surface area contributed by atoms with Crippen LogP contribution in [0.5, 0.6) is 0 Å². The van der Waals surface area contributed by atoms with Gasteiger partial charge in [0.2, 0.25) is 5.89 Å². The van der Waals surface area contributed by atoms with Gasteiger partial charge >= 0.3 is 0 Å². The lowest BCUT2D eigenvalue weighted by molar-refractivity contribution is 0.0657. The summed E-state index contributed by atoms with van der Waals surface area (Å²) in [6.07, 6.45) is 4.78. The highest BCUT2D eigenvalue weighted by Crippen LogP contribution is 2.27. The first-order valence-electron chi connectivity index (χ1n) is 6.42. The summed E-state index contributed by atoms with van der Waals surface area (Å²) in [6.45, 7) is 2.89. The van der Waals surface area contributed by atoms with Gasteiger partial charge in [0.15, 0.2) is 0 Å². The molecule has 0 bridgehead atoms. The predicted molar refractivity (Wildman–Crippen MR) is 64.9 cm³/mol. The lowest BCUT2D eigenvalue weighted by Crippen LogP contribution is -2.26. The normalized spacial score (nSPS) is 24.9. The minimum absolute atomic E-state index is 0.206. The van der Waals surface area contributed by atoms with Crippen molar-refractivity contribution in [1.29, 1.82) is 0 Å². The number of rotatable bonds is 4. The van der Waals surface area contributed by atoms with Crippen LogP contribution in [0.15, 0.2) is 4.52 Å². The van der Waals surface area contributed by atoms with Crippen molar-refractivity contribution < 1.29 is 9.63 Å². The van der Waals surface area contributed by atoms with Crippen molar-refractivity contribution in [2.75, 3.05) is 18.5 Å². The van der Waals surface area contributed by atoms with E-state index < -0.39 is 0 Å². The van der Waals surface area contributed by atoms with Gasteiger partial charge in [0, 0.05) is 20.0 Å². The Hall–Kier alpha value is -1.10. The summed E-state index contributed by atoms with van der Waals surface area (Å²) < 4.78 is 5.22. The molecule has 0 radical (unpaired) electrons. The fourth-order valence-corrected chi connectivity index (χ4v) is 2.28. The fourth-order valence-electron chi connectivity index (χ4n) is 2.28. The van der Waals surface area contributed by atoms with Gasteiger partial charge in [0.1, 0.15) is 0 Å². The lowest BCUT2D eigenvalue weighted by Gasteiger charge is -2.26. The third-order valence-corrected chi connectivity index (χ3v) is 3.58. The molecule has 17 heavy (non-hydrogen) atoms. The quantitative estimate of drug-likeness (QED) is 0.865. The van der Waals surface area contributed by atoms with E-state index in [1.807, 2.05) is 18.9 Å². The first-order chi connectivity index (χ1) is 8.20. The van der Waals surface area contributed by atoms with Gasteiger partial charge in [-0.3, -0.25) is 0 Å². The first kappa shape index (κ1) is 12.4. The van der Waals surface area contributed by atoms with E-state index in [4.69, 9.17) is 4.52 Å². The Bertz CT molecular complexity index is 353. The van der Waals surface area contributed by atoms with E-state index in [1.54, 1.807) is 0 Å². The first-order valence-corrected chi connectivity index (χ1v) is 6.42. The Labute approximate surface area is 102 Å². The average molecular weight is 239 g/mol. The van der Waals surface area contributed by atoms with Crippen LogP contribution < -0.4 is 4.90 Å². The maximum absolute atomic E-state index is 9.89. The molecule has 1 heterocycles. The van der Waals surface area contributed by atoms with E-state index in [1.165, 1.54) is 6.42 Å². The highest BCUT2D eigenvalue weighted by atomic mass is 16.5. The number of anilines is 1. The van der Waals surface area contributed by atoms with Gasteiger partial charge in [-0.15, -0.1) is 0 Å². The second-order valence-electron chi connectivity index (χ2n) is 4.82. The topological polar surface area (TPSA) is 62.4 Å². The van der Waals surface area contributed by atoms with Gasteiger partial charge in [-0.2, -0.15) is 4.98 Å². The molecule has 5 heteroatoms. The molecule has 0 saturated heterocycles. The van der Waals surface area contributed by atoms with Crippen LogP contribution in [-0.2, 0) is 6.42 Å². The molecule has 1 fully saturated rings. The van der Waals surface area contributed by atoms with Crippen LogP contribution in [0.1, 0.15) is 38.5 Å². The van der Waals surface area contributed by atoms with Gasteiger partial charge < -0.3 is 14.5 Å². The zero-order valence-corrected chi connectivity index (χ0v) is 10.6. The summed E-state index contributed by atoms with van der Waals surface area (Å²) in [5.74, 6) is 1.56. The molecular formula is C12H21N3O2. The van der Waals surface area contributed by atoms with Crippen molar-refractivity contribution in [2.45, 2.75) is 45.1 Å². The molecule has 2 rings (SSSR count). The molecule has 1 aliphatic carbocycles. The summed E-state index contributed by atoms with van der Waals surface area (Å²) in [7, 11) is 1.93. The summed E-state index contributed by atoms with van der Waals surface area (Å²) in [5.41, 5.74) is 0. The van der Waals surface area contributed by atoms with Crippen molar-refractivity contribution in [1.82, 2.24) is 10.1 Å². The summed E-state index contributed by atoms with van der Waals surface area (Å²) >= 11 is 0. The van der Waals surface area contributed by atoms with E-state index in [0.717, 1.165) is 25.8 Å². The molecule has 1 saturated carbocycles. The van der Waals surface area contributed by atoms with Gasteiger partial charge in [0.05, 0.1) is 6.10 Å². The van der Waals surface area contributed by atoms with Crippen molar-refractivity contribution in [2.24, 2.45) is 5.92 Å². The summed E-state index contributed by atoms with van der Waals surface area (Å²) in [5, 5.41) is 13.8. The highest BCUT2D eigenvalue weighted by molar-refractivity contribution is 5.25. The second kappa shape index (κ2) is 5.49. The minimum Gasteiger partial charge on any atom is -0.393 e. The van der Waals surface area contributed by atoms with E-state index in [0.29, 0.717) is 18.3 Å². The number of aliphatic hydroxyl groups excluding tert-OH is 1. The van der Waals surface area contributed by atoms with Crippen LogP contribution in [-0.4, -0.2) is 34.9 Å². The zero-order valence-electron chi connectivity index (χ0n) is 10.6. The summed E-state index contributed by atoms with van der Waals surface area (Å²) in [4.78, 5) is 6.28.